The zero-order valence-corrected chi connectivity index (χ0v) is 15.6. The quantitative estimate of drug-likeness (QED) is 0.846. The van der Waals surface area contributed by atoms with Crippen LogP contribution in [-0.2, 0) is 9.47 Å². The molecule has 0 aromatic heterocycles. The van der Waals surface area contributed by atoms with Gasteiger partial charge in [-0.1, -0.05) is 30.3 Å². The van der Waals surface area contributed by atoms with Crippen LogP contribution < -0.4 is 5.32 Å². The Morgan fingerprint density at radius 1 is 1.04 bits per heavy atom. The Hall–Kier alpha value is -0.400. The lowest BCUT2D eigenvalue weighted by Crippen LogP contribution is -2.45. The van der Waals surface area contributed by atoms with E-state index < -0.39 is 0 Å². The molecule has 0 amide bonds. The predicted octanol–water partition coefficient (Wildman–Crippen LogP) is 1.85. The van der Waals surface area contributed by atoms with Crippen molar-refractivity contribution >= 4 is 24.8 Å². The molecule has 2 atom stereocenters. The largest absolute Gasteiger partial charge is 0.412 e. The summed E-state index contributed by atoms with van der Waals surface area (Å²) < 4.78 is 11.4. The summed E-state index contributed by atoms with van der Waals surface area (Å²) in [6.45, 7) is 6.87. The summed E-state index contributed by atoms with van der Waals surface area (Å²) in [6, 6.07) is 11.0. The van der Waals surface area contributed by atoms with Gasteiger partial charge < -0.3 is 20.3 Å². The molecule has 0 bridgehead atoms. The summed E-state index contributed by atoms with van der Waals surface area (Å²) in [5.41, 5.74) is 1.29. The van der Waals surface area contributed by atoms with Crippen LogP contribution >= 0.6 is 24.8 Å². The van der Waals surface area contributed by atoms with E-state index in [-0.39, 0.29) is 36.4 Å². The van der Waals surface area contributed by atoms with E-state index >= 15 is 0 Å². The number of hydrogen-bond acceptors (Lipinski definition) is 4. The van der Waals surface area contributed by atoms with Crippen molar-refractivity contribution < 1.29 is 14.9 Å². The second-order valence-corrected chi connectivity index (χ2v) is 5.86. The summed E-state index contributed by atoms with van der Waals surface area (Å²) in [7, 11) is 0. The molecular formula is C17H30Cl2N2O3. The predicted molar refractivity (Wildman–Crippen MR) is 102 cm³/mol. The Balaban J connectivity index is 0.00000176. The molecule has 2 unspecified atom stereocenters. The molecule has 2 aliphatic heterocycles. The lowest BCUT2D eigenvalue weighted by Gasteiger charge is -2.34. The molecule has 2 aliphatic rings. The van der Waals surface area contributed by atoms with Crippen LogP contribution in [0.5, 0.6) is 0 Å². The van der Waals surface area contributed by atoms with Gasteiger partial charge >= 0.3 is 0 Å². The van der Waals surface area contributed by atoms with Crippen LogP contribution in [0.4, 0.5) is 0 Å². The minimum atomic E-state index is 0. The highest BCUT2D eigenvalue weighted by Crippen LogP contribution is 2.28. The molecule has 1 aromatic rings. The number of hydrogen-bond donors (Lipinski definition) is 1. The molecular weight excluding hydrogens is 351 g/mol. The highest BCUT2D eigenvalue weighted by atomic mass is 35.5. The molecule has 2 heterocycles. The van der Waals surface area contributed by atoms with Gasteiger partial charge in [0.15, 0.2) is 0 Å². The van der Waals surface area contributed by atoms with Crippen LogP contribution in [0, 0.1) is 0 Å². The van der Waals surface area contributed by atoms with Gasteiger partial charge in [0.05, 0.1) is 19.3 Å². The Labute approximate surface area is 157 Å². The van der Waals surface area contributed by atoms with Gasteiger partial charge in [0.2, 0.25) is 0 Å². The molecule has 3 rings (SSSR count). The standard InChI is InChI=1S/C17H26N2O2.2ClH.H2O/c1-2-5-15(6-3-1)17-16(7-4-12-21-17)18-8-9-19-10-13-20-14-11-19;;;/h1-3,5-6,16-18H,4,7-14H2;2*1H;1H2. The monoisotopic (exact) mass is 380 g/mol. The average molecular weight is 381 g/mol. The molecule has 0 aliphatic carbocycles. The third-order valence-corrected chi connectivity index (χ3v) is 4.39. The third kappa shape index (κ3) is 6.84. The molecule has 0 radical (unpaired) electrons. The molecule has 3 N–H and O–H groups in total. The minimum Gasteiger partial charge on any atom is -0.412 e. The summed E-state index contributed by atoms with van der Waals surface area (Å²) >= 11 is 0. The van der Waals surface area contributed by atoms with Crippen molar-refractivity contribution in [2.45, 2.75) is 25.0 Å². The molecule has 1 aromatic carbocycles. The first-order valence-corrected chi connectivity index (χ1v) is 8.13. The summed E-state index contributed by atoms with van der Waals surface area (Å²) in [6.07, 6.45) is 2.55. The maximum atomic E-state index is 6.02. The van der Waals surface area contributed by atoms with E-state index in [9.17, 15) is 0 Å². The molecule has 2 fully saturated rings. The zero-order chi connectivity index (χ0) is 14.3. The van der Waals surface area contributed by atoms with Crippen molar-refractivity contribution in [2.75, 3.05) is 46.0 Å². The van der Waals surface area contributed by atoms with E-state index in [2.05, 4.69) is 40.5 Å². The van der Waals surface area contributed by atoms with Crippen molar-refractivity contribution in [1.29, 1.82) is 0 Å². The fourth-order valence-corrected chi connectivity index (χ4v) is 3.19. The smallest absolute Gasteiger partial charge is 0.0977 e. The van der Waals surface area contributed by atoms with Crippen molar-refractivity contribution in [3.05, 3.63) is 35.9 Å². The Morgan fingerprint density at radius 3 is 2.46 bits per heavy atom. The van der Waals surface area contributed by atoms with Crippen LogP contribution in [0.1, 0.15) is 24.5 Å². The number of halogens is 2. The number of nitrogens with zero attached hydrogens (tertiary/aromatic N) is 1. The Bertz CT molecular complexity index is 420. The molecule has 0 saturated carbocycles. The van der Waals surface area contributed by atoms with E-state index in [0.717, 1.165) is 52.4 Å². The molecule has 140 valence electrons. The number of rotatable bonds is 5. The molecule has 24 heavy (non-hydrogen) atoms. The topological polar surface area (TPSA) is 65.2 Å². The fraction of sp³-hybridized carbons (Fsp3) is 0.647. The van der Waals surface area contributed by atoms with Gasteiger partial charge in [-0.05, 0) is 18.4 Å². The third-order valence-electron chi connectivity index (χ3n) is 4.39. The van der Waals surface area contributed by atoms with Crippen molar-refractivity contribution in [3.8, 4) is 0 Å². The van der Waals surface area contributed by atoms with E-state index in [4.69, 9.17) is 9.47 Å². The van der Waals surface area contributed by atoms with Gasteiger partial charge in [0.1, 0.15) is 0 Å². The fourth-order valence-electron chi connectivity index (χ4n) is 3.19. The lowest BCUT2D eigenvalue weighted by molar-refractivity contribution is -0.0124. The van der Waals surface area contributed by atoms with Crippen LogP contribution in [-0.4, -0.2) is 62.4 Å². The van der Waals surface area contributed by atoms with Crippen LogP contribution in [0.25, 0.3) is 0 Å². The van der Waals surface area contributed by atoms with Gasteiger partial charge in [-0.2, -0.15) is 0 Å². The van der Waals surface area contributed by atoms with Crippen LogP contribution in [0.2, 0.25) is 0 Å². The van der Waals surface area contributed by atoms with Gasteiger partial charge in [-0.15, -0.1) is 24.8 Å². The number of ether oxygens (including phenoxy) is 2. The SMILES string of the molecule is Cl.Cl.O.c1ccc(C2OCCCC2NCCN2CCOCC2)cc1. The number of benzene rings is 1. The first-order valence-electron chi connectivity index (χ1n) is 8.13. The highest BCUT2D eigenvalue weighted by molar-refractivity contribution is 5.85. The lowest BCUT2D eigenvalue weighted by atomic mass is 9.96. The van der Waals surface area contributed by atoms with Crippen LogP contribution in [0.3, 0.4) is 0 Å². The summed E-state index contributed by atoms with van der Waals surface area (Å²) in [5, 5.41) is 3.71. The highest BCUT2D eigenvalue weighted by Gasteiger charge is 2.26. The molecule has 0 spiro atoms. The van der Waals surface area contributed by atoms with E-state index in [0.29, 0.717) is 6.04 Å². The molecule has 2 saturated heterocycles. The van der Waals surface area contributed by atoms with Crippen LogP contribution in [0.15, 0.2) is 30.3 Å². The molecule has 5 nitrogen and oxygen atoms in total. The summed E-state index contributed by atoms with van der Waals surface area (Å²) in [4.78, 5) is 2.47. The van der Waals surface area contributed by atoms with E-state index in [1.807, 2.05) is 0 Å². The van der Waals surface area contributed by atoms with E-state index in [1.165, 1.54) is 12.0 Å². The minimum absolute atomic E-state index is 0. The van der Waals surface area contributed by atoms with Gasteiger partial charge in [0.25, 0.3) is 0 Å². The van der Waals surface area contributed by atoms with Gasteiger partial charge in [-0.25, -0.2) is 0 Å². The maximum Gasteiger partial charge on any atom is 0.0977 e. The first-order chi connectivity index (χ1) is 10.4. The van der Waals surface area contributed by atoms with E-state index in [1.54, 1.807) is 0 Å². The second-order valence-electron chi connectivity index (χ2n) is 5.86. The zero-order valence-electron chi connectivity index (χ0n) is 14.0. The van der Waals surface area contributed by atoms with Crippen molar-refractivity contribution in [3.63, 3.8) is 0 Å². The Kier molecular flexibility index (Phi) is 12.7. The maximum absolute atomic E-state index is 6.02. The van der Waals surface area contributed by atoms with Gasteiger partial charge in [0, 0.05) is 38.8 Å². The number of nitrogens with one attached hydrogen (secondary N) is 1. The first kappa shape index (κ1) is 23.6. The Morgan fingerprint density at radius 2 is 1.75 bits per heavy atom. The molecule has 7 heteroatoms. The van der Waals surface area contributed by atoms with Crippen molar-refractivity contribution in [1.82, 2.24) is 10.2 Å². The second kappa shape index (κ2) is 12.9. The van der Waals surface area contributed by atoms with Gasteiger partial charge in [-0.3, -0.25) is 4.90 Å². The number of morpholine rings is 1. The van der Waals surface area contributed by atoms with Crippen molar-refractivity contribution in [2.24, 2.45) is 0 Å². The average Bonchev–Trinajstić information content (AvgIpc) is 2.57. The summed E-state index contributed by atoms with van der Waals surface area (Å²) in [5.74, 6) is 0. The normalized spacial score (nSPS) is 24.2.